The molecule has 0 spiro atoms. The predicted molar refractivity (Wildman–Crippen MR) is 44.6 cm³/mol. The molecule has 80 valence electrons. The SMILES string of the molecule is C.Cc1ccc(OC(F)(F)F)c(F)c1. The number of aryl methyl sites for hydroxylation is 1. The molecule has 1 aromatic rings. The van der Waals surface area contributed by atoms with Gasteiger partial charge in [0.1, 0.15) is 0 Å². The van der Waals surface area contributed by atoms with Crippen LogP contribution in [0.15, 0.2) is 18.2 Å². The second kappa shape index (κ2) is 4.30. The number of rotatable bonds is 1. The molecule has 1 nitrogen and oxygen atoms in total. The molecular weight excluding hydrogens is 200 g/mol. The lowest BCUT2D eigenvalue weighted by atomic mass is 10.2. The molecule has 0 aliphatic heterocycles. The summed E-state index contributed by atoms with van der Waals surface area (Å²) in [4.78, 5) is 0. The molecule has 0 saturated carbocycles. The minimum atomic E-state index is -4.85. The Kier molecular flexibility index (Phi) is 3.92. The van der Waals surface area contributed by atoms with Gasteiger partial charge in [-0.25, -0.2) is 4.39 Å². The lowest BCUT2D eigenvalue weighted by Gasteiger charge is -2.09. The molecule has 14 heavy (non-hydrogen) atoms. The summed E-state index contributed by atoms with van der Waals surface area (Å²) in [5.74, 6) is -1.82. The fourth-order valence-corrected chi connectivity index (χ4v) is 0.813. The summed E-state index contributed by atoms with van der Waals surface area (Å²) < 4.78 is 51.1. The highest BCUT2D eigenvalue weighted by Gasteiger charge is 2.32. The van der Waals surface area contributed by atoms with Crippen molar-refractivity contribution in [2.45, 2.75) is 20.7 Å². The van der Waals surface area contributed by atoms with Crippen LogP contribution in [0.5, 0.6) is 5.75 Å². The summed E-state index contributed by atoms with van der Waals surface area (Å²) in [5, 5.41) is 0. The molecule has 0 fully saturated rings. The average molecular weight is 210 g/mol. The van der Waals surface area contributed by atoms with E-state index in [-0.39, 0.29) is 7.43 Å². The van der Waals surface area contributed by atoms with Gasteiger partial charge in [-0.3, -0.25) is 0 Å². The van der Waals surface area contributed by atoms with Crippen LogP contribution in [0.3, 0.4) is 0 Å². The van der Waals surface area contributed by atoms with E-state index in [1.165, 1.54) is 6.07 Å². The Morgan fingerprint density at radius 3 is 2.21 bits per heavy atom. The van der Waals surface area contributed by atoms with E-state index in [1.54, 1.807) is 6.92 Å². The monoisotopic (exact) mass is 210 g/mol. The van der Waals surface area contributed by atoms with Gasteiger partial charge in [-0.15, -0.1) is 13.2 Å². The van der Waals surface area contributed by atoms with Crippen molar-refractivity contribution < 1.29 is 22.3 Å². The zero-order valence-corrected chi connectivity index (χ0v) is 6.65. The topological polar surface area (TPSA) is 9.23 Å². The van der Waals surface area contributed by atoms with Crippen LogP contribution in [0.1, 0.15) is 13.0 Å². The third-order valence-electron chi connectivity index (χ3n) is 1.31. The molecule has 0 saturated heterocycles. The Bertz CT molecular complexity index is 306. The Balaban J connectivity index is 0.00000169. The van der Waals surface area contributed by atoms with Gasteiger partial charge in [-0.05, 0) is 24.6 Å². The van der Waals surface area contributed by atoms with E-state index in [4.69, 9.17) is 0 Å². The lowest BCUT2D eigenvalue weighted by molar-refractivity contribution is -0.275. The number of ether oxygens (including phenoxy) is 1. The van der Waals surface area contributed by atoms with Crippen LogP contribution in [-0.2, 0) is 0 Å². The maximum Gasteiger partial charge on any atom is 0.573 e. The first-order valence-electron chi connectivity index (χ1n) is 3.40. The van der Waals surface area contributed by atoms with Crippen LogP contribution in [0.4, 0.5) is 17.6 Å². The van der Waals surface area contributed by atoms with Crippen LogP contribution in [0.2, 0.25) is 0 Å². The average Bonchev–Trinajstić information content (AvgIpc) is 1.93. The van der Waals surface area contributed by atoms with E-state index < -0.39 is 17.9 Å². The Labute approximate surface area is 79.3 Å². The van der Waals surface area contributed by atoms with Crippen LogP contribution >= 0.6 is 0 Å². The fraction of sp³-hybridized carbons (Fsp3) is 0.333. The molecule has 0 aromatic heterocycles. The van der Waals surface area contributed by atoms with Gasteiger partial charge < -0.3 is 4.74 Å². The molecule has 0 bridgehead atoms. The second-order valence-electron chi connectivity index (χ2n) is 2.48. The zero-order valence-electron chi connectivity index (χ0n) is 6.65. The van der Waals surface area contributed by atoms with Crippen LogP contribution in [0.25, 0.3) is 0 Å². The summed E-state index contributed by atoms with van der Waals surface area (Å²) in [7, 11) is 0. The maximum atomic E-state index is 12.8. The van der Waals surface area contributed by atoms with Gasteiger partial charge in [0, 0.05) is 0 Å². The van der Waals surface area contributed by atoms with Crippen molar-refractivity contribution >= 4 is 0 Å². The minimum absolute atomic E-state index is 0. The minimum Gasteiger partial charge on any atom is -0.403 e. The first kappa shape index (κ1) is 12.7. The predicted octanol–water partition coefficient (Wildman–Crippen LogP) is 3.67. The van der Waals surface area contributed by atoms with Crippen molar-refractivity contribution in [3.05, 3.63) is 29.6 Å². The fourth-order valence-electron chi connectivity index (χ4n) is 0.813. The van der Waals surface area contributed by atoms with Gasteiger partial charge in [0.15, 0.2) is 11.6 Å². The third-order valence-corrected chi connectivity index (χ3v) is 1.31. The summed E-state index contributed by atoms with van der Waals surface area (Å²) in [6, 6.07) is 3.25. The number of alkyl halides is 3. The highest BCUT2D eigenvalue weighted by atomic mass is 19.4. The van der Waals surface area contributed by atoms with E-state index in [0.29, 0.717) is 5.56 Å². The van der Waals surface area contributed by atoms with E-state index in [0.717, 1.165) is 12.1 Å². The Hall–Kier alpha value is -1.26. The van der Waals surface area contributed by atoms with Crippen LogP contribution < -0.4 is 4.74 Å². The van der Waals surface area contributed by atoms with E-state index >= 15 is 0 Å². The summed E-state index contributed by atoms with van der Waals surface area (Å²) in [6.07, 6.45) is -4.85. The van der Waals surface area contributed by atoms with E-state index in [2.05, 4.69) is 4.74 Å². The van der Waals surface area contributed by atoms with Gasteiger partial charge in [0.2, 0.25) is 0 Å². The zero-order chi connectivity index (χ0) is 10.1. The largest absolute Gasteiger partial charge is 0.573 e. The smallest absolute Gasteiger partial charge is 0.403 e. The van der Waals surface area contributed by atoms with Gasteiger partial charge >= 0.3 is 6.36 Å². The third kappa shape index (κ3) is 3.64. The van der Waals surface area contributed by atoms with Crippen molar-refractivity contribution in [1.82, 2.24) is 0 Å². The van der Waals surface area contributed by atoms with Crippen molar-refractivity contribution in [2.24, 2.45) is 0 Å². The number of hydrogen-bond donors (Lipinski definition) is 0. The van der Waals surface area contributed by atoms with Crippen molar-refractivity contribution in [2.75, 3.05) is 0 Å². The highest BCUT2D eigenvalue weighted by Crippen LogP contribution is 2.25. The molecule has 0 N–H and O–H groups in total. The molecule has 0 heterocycles. The first-order valence-corrected chi connectivity index (χ1v) is 3.40. The lowest BCUT2D eigenvalue weighted by Crippen LogP contribution is -2.17. The standard InChI is InChI=1S/C8H6F4O.CH4/c1-5-2-3-7(6(9)4-5)13-8(10,11)12;/h2-4H,1H3;1H4. The van der Waals surface area contributed by atoms with Crippen LogP contribution in [0, 0.1) is 12.7 Å². The van der Waals surface area contributed by atoms with Gasteiger partial charge in [-0.2, -0.15) is 0 Å². The molecule has 0 radical (unpaired) electrons. The molecule has 5 heteroatoms. The molecule has 0 atom stereocenters. The first-order chi connectivity index (χ1) is 5.88. The maximum absolute atomic E-state index is 12.8. The number of hydrogen-bond acceptors (Lipinski definition) is 1. The van der Waals surface area contributed by atoms with Crippen molar-refractivity contribution in [3.8, 4) is 5.75 Å². The highest BCUT2D eigenvalue weighted by molar-refractivity contribution is 5.28. The quantitative estimate of drug-likeness (QED) is 0.642. The molecule has 0 aliphatic carbocycles. The molecule has 0 amide bonds. The Morgan fingerprint density at radius 2 is 1.79 bits per heavy atom. The second-order valence-corrected chi connectivity index (χ2v) is 2.48. The molecule has 0 aliphatic rings. The molecule has 0 unspecified atom stereocenters. The van der Waals surface area contributed by atoms with Gasteiger partial charge in [-0.1, -0.05) is 13.5 Å². The van der Waals surface area contributed by atoms with Crippen molar-refractivity contribution in [1.29, 1.82) is 0 Å². The van der Waals surface area contributed by atoms with Gasteiger partial charge in [0.25, 0.3) is 0 Å². The molecular formula is C9H10F4O. The van der Waals surface area contributed by atoms with E-state index in [9.17, 15) is 17.6 Å². The van der Waals surface area contributed by atoms with Gasteiger partial charge in [0.05, 0.1) is 0 Å². The summed E-state index contributed by atoms with van der Waals surface area (Å²) in [6.45, 7) is 1.57. The number of halogens is 4. The molecule has 1 rings (SSSR count). The molecule has 1 aromatic carbocycles. The van der Waals surface area contributed by atoms with Crippen LogP contribution in [-0.4, -0.2) is 6.36 Å². The Morgan fingerprint density at radius 1 is 1.21 bits per heavy atom. The normalized spacial score (nSPS) is 10.6. The summed E-state index contributed by atoms with van der Waals surface area (Å²) in [5.41, 5.74) is 0.534. The van der Waals surface area contributed by atoms with Crippen molar-refractivity contribution in [3.63, 3.8) is 0 Å². The number of benzene rings is 1. The van der Waals surface area contributed by atoms with E-state index in [1.807, 2.05) is 0 Å². The summed E-state index contributed by atoms with van der Waals surface area (Å²) >= 11 is 0.